The van der Waals surface area contributed by atoms with Gasteiger partial charge in [-0.1, -0.05) is 12.1 Å². The number of rotatable bonds is 4. The van der Waals surface area contributed by atoms with Gasteiger partial charge >= 0.3 is 0 Å². The van der Waals surface area contributed by atoms with Gasteiger partial charge in [-0.05, 0) is 17.7 Å². The van der Waals surface area contributed by atoms with E-state index in [-0.39, 0.29) is 17.7 Å². The number of nitrogens with one attached hydrogen (secondary N) is 1. The molecule has 5 heteroatoms. The fourth-order valence-corrected chi connectivity index (χ4v) is 1.41. The average Bonchev–Trinajstić information content (AvgIpc) is 2.35. The lowest BCUT2D eigenvalue weighted by Gasteiger charge is -2.11. The maximum atomic E-state index is 11.7. The molecule has 0 atom stereocenters. The van der Waals surface area contributed by atoms with Crippen LogP contribution in [0, 0.1) is 0 Å². The van der Waals surface area contributed by atoms with E-state index >= 15 is 0 Å². The Morgan fingerprint density at radius 1 is 1.35 bits per heavy atom. The SMILES string of the molecule is CN(C)C(=O)c1cccc(CNC(=O)CCl)c1. The first kappa shape index (κ1) is 13.5. The quantitative estimate of drug-likeness (QED) is 0.822. The summed E-state index contributed by atoms with van der Waals surface area (Å²) in [4.78, 5) is 24.2. The van der Waals surface area contributed by atoms with Gasteiger partial charge in [0.05, 0.1) is 0 Å². The van der Waals surface area contributed by atoms with Crippen molar-refractivity contribution in [2.24, 2.45) is 0 Å². The molecular weight excluding hydrogens is 240 g/mol. The Kier molecular flexibility index (Phi) is 4.97. The molecule has 0 heterocycles. The summed E-state index contributed by atoms with van der Waals surface area (Å²) in [6.07, 6.45) is 0. The maximum absolute atomic E-state index is 11.7. The molecule has 92 valence electrons. The van der Waals surface area contributed by atoms with Gasteiger partial charge in [0.25, 0.3) is 5.91 Å². The van der Waals surface area contributed by atoms with Gasteiger partial charge in [-0.3, -0.25) is 9.59 Å². The summed E-state index contributed by atoms with van der Waals surface area (Å²) in [6.45, 7) is 0.375. The van der Waals surface area contributed by atoms with E-state index in [0.29, 0.717) is 12.1 Å². The molecule has 17 heavy (non-hydrogen) atoms. The zero-order chi connectivity index (χ0) is 12.8. The molecule has 0 aliphatic heterocycles. The van der Waals surface area contributed by atoms with Gasteiger partial charge in [0.1, 0.15) is 5.88 Å². The average molecular weight is 255 g/mol. The van der Waals surface area contributed by atoms with Crippen LogP contribution in [0.5, 0.6) is 0 Å². The summed E-state index contributed by atoms with van der Waals surface area (Å²) in [5.41, 5.74) is 1.48. The van der Waals surface area contributed by atoms with Crippen LogP contribution in [0.1, 0.15) is 15.9 Å². The van der Waals surface area contributed by atoms with Crippen LogP contribution in [0.25, 0.3) is 0 Å². The first-order valence-electron chi connectivity index (χ1n) is 5.18. The van der Waals surface area contributed by atoms with Crippen LogP contribution in [0.4, 0.5) is 0 Å². The van der Waals surface area contributed by atoms with Crippen LogP contribution in [0.15, 0.2) is 24.3 Å². The summed E-state index contributed by atoms with van der Waals surface area (Å²) in [5, 5.41) is 2.65. The molecule has 1 N–H and O–H groups in total. The Morgan fingerprint density at radius 2 is 2.06 bits per heavy atom. The van der Waals surface area contributed by atoms with Crippen molar-refractivity contribution in [1.82, 2.24) is 10.2 Å². The van der Waals surface area contributed by atoms with Gasteiger partial charge in [0.15, 0.2) is 0 Å². The Labute approximate surface area is 106 Å². The molecule has 4 nitrogen and oxygen atoms in total. The number of alkyl halides is 1. The van der Waals surface area contributed by atoms with Gasteiger partial charge in [0.2, 0.25) is 5.91 Å². The lowest BCUT2D eigenvalue weighted by Crippen LogP contribution is -2.24. The molecule has 1 aromatic rings. The van der Waals surface area contributed by atoms with Gasteiger partial charge in [-0.15, -0.1) is 11.6 Å². The molecule has 0 saturated heterocycles. The third-order valence-corrected chi connectivity index (χ3v) is 2.43. The van der Waals surface area contributed by atoms with Crippen LogP contribution in [0.2, 0.25) is 0 Å². The van der Waals surface area contributed by atoms with Gasteiger partial charge in [-0.25, -0.2) is 0 Å². The lowest BCUT2D eigenvalue weighted by atomic mass is 10.1. The number of hydrogen-bond acceptors (Lipinski definition) is 2. The van der Waals surface area contributed by atoms with Gasteiger partial charge < -0.3 is 10.2 Å². The van der Waals surface area contributed by atoms with Crippen molar-refractivity contribution in [3.05, 3.63) is 35.4 Å². The normalized spacial score (nSPS) is 9.82. The summed E-state index contributed by atoms with van der Waals surface area (Å²) in [7, 11) is 3.40. The predicted molar refractivity (Wildman–Crippen MR) is 67.0 cm³/mol. The second-order valence-electron chi connectivity index (χ2n) is 3.81. The highest BCUT2D eigenvalue weighted by atomic mass is 35.5. The lowest BCUT2D eigenvalue weighted by molar-refractivity contribution is -0.118. The minimum Gasteiger partial charge on any atom is -0.351 e. The summed E-state index contributed by atoms with van der Waals surface area (Å²) in [6, 6.07) is 7.14. The number of nitrogens with zero attached hydrogens (tertiary/aromatic N) is 1. The number of carbonyl (C=O) groups is 2. The first-order chi connectivity index (χ1) is 8.04. The van der Waals surface area contributed by atoms with E-state index in [1.54, 1.807) is 32.3 Å². The topological polar surface area (TPSA) is 49.4 Å². The van der Waals surface area contributed by atoms with Crippen LogP contribution >= 0.6 is 11.6 Å². The highest BCUT2D eigenvalue weighted by molar-refractivity contribution is 6.27. The second-order valence-corrected chi connectivity index (χ2v) is 4.08. The number of carbonyl (C=O) groups excluding carboxylic acids is 2. The molecule has 0 aliphatic carbocycles. The fourth-order valence-electron chi connectivity index (χ4n) is 1.32. The predicted octanol–water partition coefficient (Wildman–Crippen LogP) is 1.24. The van der Waals surface area contributed by atoms with Crippen molar-refractivity contribution in [1.29, 1.82) is 0 Å². The molecule has 0 saturated carbocycles. The zero-order valence-corrected chi connectivity index (χ0v) is 10.6. The summed E-state index contributed by atoms with van der Waals surface area (Å²) >= 11 is 5.37. The first-order valence-corrected chi connectivity index (χ1v) is 5.71. The van der Waals surface area contributed by atoms with Crippen LogP contribution in [-0.2, 0) is 11.3 Å². The molecular formula is C12H15ClN2O2. The molecule has 0 aliphatic rings. The molecule has 0 unspecified atom stereocenters. The van der Waals surface area contributed by atoms with Crippen molar-refractivity contribution in [2.75, 3.05) is 20.0 Å². The van der Waals surface area contributed by atoms with Gasteiger partial charge in [0, 0.05) is 26.2 Å². The van der Waals surface area contributed by atoms with E-state index in [1.807, 2.05) is 6.07 Å². The van der Waals surface area contributed by atoms with Crippen molar-refractivity contribution in [2.45, 2.75) is 6.54 Å². The zero-order valence-electron chi connectivity index (χ0n) is 9.87. The second kappa shape index (κ2) is 6.25. The largest absolute Gasteiger partial charge is 0.351 e. The van der Waals surface area contributed by atoms with Crippen LogP contribution in [0.3, 0.4) is 0 Å². The van der Waals surface area contributed by atoms with Crippen LogP contribution in [-0.4, -0.2) is 36.7 Å². The minimum atomic E-state index is -0.226. The standard InChI is InChI=1S/C12H15ClN2O2/c1-15(2)12(17)10-5-3-4-9(6-10)8-14-11(16)7-13/h3-6H,7-8H2,1-2H3,(H,14,16). The molecule has 2 amide bonds. The number of benzene rings is 1. The smallest absolute Gasteiger partial charge is 0.253 e. The molecule has 0 bridgehead atoms. The van der Waals surface area contributed by atoms with Crippen molar-refractivity contribution >= 4 is 23.4 Å². The number of amides is 2. The van der Waals surface area contributed by atoms with E-state index in [4.69, 9.17) is 11.6 Å². The third kappa shape index (κ3) is 4.07. The molecule has 1 rings (SSSR count). The molecule has 1 aromatic carbocycles. The Morgan fingerprint density at radius 3 is 2.65 bits per heavy atom. The fraction of sp³-hybridized carbons (Fsp3) is 0.333. The summed E-state index contributed by atoms with van der Waals surface area (Å²) < 4.78 is 0. The number of hydrogen-bond donors (Lipinski definition) is 1. The molecule has 0 aromatic heterocycles. The highest BCUT2D eigenvalue weighted by Gasteiger charge is 2.08. The summed E-state index contributed by atoms with van der Waals surface area (Å²) in [5.74, 6) is -0.345. The monoisotopic (exact) mass is 254 g/mol. The van der Waals surface area contributed by atoms with E-state index in [2.05, 4.69) is 5.32 Å². The third-order valence-electron chi connectivity index (χ3n) is 2.19. The van der Waals surface area contributed by atoms with Crippen molar-refractivity contribution < 1.29 is 9.59 Å². The van der Waals surface area contributed by atoms with E-state index in [1.165, 1.54) is 4.90 Å². The highest BCUT2D eigenvalue weighted by Crippen LogP contribution is 2.07. The van der Waals surface area contributed by atoms with E-state index in [0.717, 1.165) is 5.56 Å². The molecule has 0 radical (unpaired) electrons. The Hall–Kier alpha value is -1.55. The van der Waals surface area contributed by atoms with Crippen LogP contribution < -0.4 is 5.32 Å². The minimum absolute atomic E-state index is 0.0592. The van der Waals surface area contributed by atoms with Crippen molar-refractivity contribution in [3.63, 3.8) is 0 Å². The maximum Gasteiger partial charge on any atom is 0.253 e. The Bertz CT molecular complexity index is 419. The Balaban J connectivity index is 2.72. The number of halogens is 1. The van der Waals surface area contributed by atoms with Gasteiger partial charge in [-0.2, -0.15) is 0 Å². The van der Waals surface area contributed by atoms with Crippen molar-refractivity contribution in [3.8, 4) is 0 Å². The van der Waals surface area contributed by atoms with E-state index in [9.17, 15) is 9.59 Å². The van der Waals surface area contributed by atoms with E-state index < -0.39 is 0 Å². The molecule has 0 fully saturated rings. The molecule has 0 spiro atoms.